The number of hydrogen-bond donors (Lipinski definition) is 1. The van der Waals surface area contributed by atoms with E-state index in [1.165, 1.54) is 5.56 Å². The second-order valence-electron chi connectivity index (χ2n) is 4.11. The molecule has 0 saturated heterocycles. The summed E-state index contributed by atoms with van der Waals surface area (Å²) in [7, 11) is 1.69. The highest BCUT2D eigenvalue weighted by molar-refractivity contribution is 5.29. The molecule has 2 unspecified atom stereocenters. The fourth-order valence-electron chi connectivity index (χ4n) is 1.50. The number of ether oxygens (including phenoxy) is 1. The smallest absolute Gasteiger partial charge is 0.118 e. The Labute approximate surface area is 98.3 Å². The van der Waals surface area contributed by atoms with Crippen molar-refractivity contribution in [3.05, 3.63) is 42.5 Å². The Morgan fingerprint density at radius 1 is 1.31 bits per heavy atom. The molecule has 2 atom stereocenters. The average molecular weight is 219 g/mol. The van der Waals surface area contributed by atoms with E-state index >= 15 is 0 Å². The van der Waals surface area contributed by atoms with Gasteiger partial charge in [0.2, 0.25) is 0 Å². The van der Waals surface area contributed by atoms with Crippen LogP contribution in [-0.2, 0) is 0 Å². The van der Waals surface area contributed by atoms with E-state index in [-0.39, 0.29) is 0 Å². The summed E-state index contributed by atoms with van der Waals surface area (Å²) in [5, 5.41) is 3.41. The van der Waals surface area contributed by atoms with Crippen LogP contribution in [0.2, 0.25) is 0 Å². The highest BCUT2D eigenvalue weighted by atomic mass is 16.5. The molecular weight excluding hydrogens is 198 g/mol. The maximum atomic E-state index is 5.14. The van der Waals surface area contributed by atoms with Crippen molar-refractivity contribution in [3.63, 3.8) is 0 Å². The number of methoxy groups -OCH3 is 1. The molecule has 1 rings (SSSR count). The molecule has 0 fully saturated rings. The van der Waals surface area contributed by atoms with Gasteiger partial charge >= 0.3 is 0 Å². The minimum Gasteiger partial charge on any atom is -0.497 e. The highest BCUT2D eigenvalue weighted by Crippen LogP contribution is 2.18. The molecule has 2 heteroatoms. The maximum absolute atomic E-state index is 5.14. The molecule has 1 N–H and O–H groups in total. The Balaban J connectivity index is 2.52. The zero-order chi connectivity index (χ0) is 12.0. The summed E-state index contributed by atoms with van der Waals surface area (Å²) in [5.41, 5.74) is 1.32. The maximum Gasteiger partial charge on any atom is 0.118 e. The van der Waals surface area contributed by atoms with Crippen molar-refractivity contribution < 1.29 is 4.74 Å². The molecule has 0 aromatic heterocycles. The summed E-state index contributed by atoms with van der Waals surface area (Å²) in [6, 6.07) is 8.60. The van der Waals surface area contributed by atoms with Gasteiger partial charge in [-0.05, 0) is 30.5 Å². The predicted octanol–water partition coefficient (Wildman–Crippen LogP) is 2.96. The molecule has 0 bridgehead atoms. The van der Waals surface area contributed by atoms with Crippen LogP contribution in [0.25, 0.3) is 0 Å². The second-order valence-corrected chi connectivity index (χ2v) is 4.11. The van der Waals surface area contributed by atoms with Gasteiger partial charge in [0.05, 0.1) is 7.11 Å². The van der Waals surface area contributed by atoms with Crippen LogP contribution >= 0.6 is 0 Å². The Morgan fingerprint density at radius 3 is 2.44 bits per heavy atom. The molecule has 0 radical (unpaired) electrons. The number of rotatable bonds is 6. The first kappa shape index (κ1) is 12.8. The van der Waals surface area contributed by atoms with E-state index in [1.54, 1.807) is 7.11 Å². The molecule has 2 nitrogen and oxygen atoms in total. The van der Waals surface area contributed by atoms with E-state index in [0.29, 0.717) is 12.0 Å². The molecule has 16 heavy (non-hydrogen) atoms. The van der Waals surface area contributed by atoms with Crippen LogP contribution in [0.4, 0.5) is 0 Å². The Bertz CT molecular complexity index is 318. The third-order valence-corrected chi connectivity index (χ3v) is 2.78. The molecule has 0 aliphatic rings. The van der Waals surface area contributed by atoms with Gasteiger partial charge in [-0.25, -0.2) is 0 Å². The SMILES string of the molecule is C=CC(C)NCC(C)c1ccc(OC)cc1. The summed E-state index contributed by atoms with van der Waals surface area (Å²) in [6.45, 7) is 9.03. The topological polar surface area (TPSA) is 21.3 Å². The average Bonchev–Trinajstić information content (AvgIpc) is 2.35. The van der Waals surface area contributed by atoms with Gasteiger partial charge in [-0.15, -0.1) is 6.58 Å². The summed E-state index contributed by atoms with van der Waals surface area (Å²) < 4.78 is 5.14. The van der Waals surface area contributed by atoms with E-state index < -0.39 is 0 Å². The van der Waals surface area contributed by atoms with Gasteiger partial charge in [-0.1, -0.05) is 25.1 Å². The number of nitrogens with one attached hydrogen (secondary N) is 1. The van der Waals surface area contributed by atoms with Crippen LogP contribution in [0.1, 0.15) is 25.3 Å². The molecule has 88 valence electrons. The third kappa shape index (κ3) is 3.70. The minimum atomic E-state index is 0.362. The van der Waals surface area contributed by atoms with E-state index in [2.05, 4.69) is 37.9 Å². The normalized spacial score (nSPS) is 14.2. The lowest BCUT2D eigenvalue weighted by Crippen LogP contribution is -2.27. The van der Waals surface area contributed by atoms with Crippen LogP contribution in [0.3, 0.4) is 0 Å². The van der Waals surface area contributed by atoms with Crippen LogP contribution in [0, 0.1) is 0 Å². The Hall–Kier alpha value is -1.28. The fourth-order valence-corrected chi connectivity index (χ4v) is 1.50. The van der Waals surface area contributed by atoms with E-state index in [9.17, 15) is 0 Å². The fraction of sp³-hybridized carbons (Fsp3) is 0.429. The molecule has 0 aliphatic heterocycles. The molecular formula is C14H21NO. The van der Waals surface area contributed by atoms with E-state index in [1.807, 2.05) is 18.2 Å². The molecule has 0 spiro atoms. The quantitative estimate of drug-likeness (QED) is 0.743. The third-order valence-electron chi connectivity index (χ3n) is 2.78. The second kappa shape index (κ2) is 6.33. The number of hydrogen-bond acceptors (Lipinski definition) is 2. The van der Waals surface area contributed by atoms with Gasteiger partial charge in [0, 0.05) is 12.6 Å². The molecule has 1 aromatic rings. The lowest BCUT2D eigenvalue weighted by Gasteiger charge is -2.15. The van der Waals surface area contributed by atoms with Crippen molar-refractivity contribution in [1.29, 1.82) is 0 Å². The zero-order valence-corrected chi connectivity index (χ0v) is 10.4. The first-order chi connectivity index (χ1) is 7.67. The van der Waals surface area contributed by atoms with Crippen LogP contribution in [0.5, 0.6) is 5.75 Å². The number of benzene rings is 1. The summed E-state index contributed by atoms with van der Waals surface area (Å²) in [5.74, 6) is 1.40. The monoisotopic (exact) mass is 219 g/mol. The van der Waals surface area contributed by atoms with Crippen molar-refractivity contribution >= 4 is 0 Å². The predicted molar refractivity (Wildman–Crippen MR) is 69.1 cm³/mol. The lowest BCUT2D eigenvalue weighted by molar-refractivity contribution is 0.414. The van der Waals surface area contributed by atoms with Crippen LogP contribution < -0.4 is 10.1 Å². The first-order valence-electron chi connectivity index (χ1n) is 5.67. The molecule has 0 saturated carbocycles. The van der Waals surface area contributed by atoms with Gasteiger partial charge in [-0.2, -0.15) is 0 Å². The van der Waals surface area contributed by atoms with Crippen molar-refractivity contribution in [2.45, 2.75) is 25.8 Å². The standard InChI is InChI=1S/C14H21NO/c1-5-12(3)15-10-11(2)13-6-8-14(16-4)9-7-13/h5-9,11-12,15H,1,10H2,2-4H3. The van der Waals surface area contributed by atoms with Gasteiger partial charge in [0.1, 0.15) is 5.75 Å². The van der Waals surface area contributed by atoms with E-state index in [4.69, 9.17) is 4.74 Å². The lowest BCUT2D eigenvalue weighted by atomic mass is 10.0. The van der Waals surface area contributed by atoms with E-state index in [0.717, 1.165) is 12.3 Å². The Kier molecular flexibility index (Phi) is 5.06. The van der Waals surface area contributed by atoms with Crippen LogP contribution in [-0.4, -0.2) is 19.7 Å². The summed E-state index contributed by atoms with van der Waals surface area (Å²) in [6.07, 6.45) is 1.92. The zero-order valence-electron chi connectivity index (χ0n) is 10.4. The molecule has 0 amide bonds. The van der Waals surface area contributed by atoms with Gasteiger partial charge < -0.3 is 10.1 Å². The first-order valence-corrected chi connectivity index (χ1v) is 5.67. The van der Waals surface area contributed by atoms with Crippen molar-refractivity contribution in [2.24, 2.45) is 0 Å². The van der Waals surface area contributed by atoms with Gasteiger partial charge in [0.15, 0.2) is 0 Å². The Morgan fingerprint density at radius 2 is 1.94 bits per heavy atom. The molecule has 0 aliphatic carbocycles. The molecule has 1 aromatic carbocycles. The van der Waals surface area contributed by atoms with Gasteiger partial charge in [-0.3, -0.25) is 0 Å². The van der Waals surface area contributed by atoms with Crippen LogP contribution in [0.15, 0.2) is 36.9 Å². The minimum absolute atomic E-state index is 0.362. The summed E-state index contributed by atoms with van der Waals surface area (Å²) >= 11 is 0. The molecule has 0 heterocycles. The summed E-state index contributed by atoms with van der Waals surface area (Å²) in [4.78, 5) is 0. The van der Waals surface area contributed by atoms with Crippen molar-refractivity contribution in [2.75, 3.05) is 13.7 Å². The van der Waals surface area contributed by atoms with Crippen molar-refractivity contribution in [3.8, 4) is 5.75 Å². The largest absolute Gasteiger partial charge is 0.497 e. The van der Waals surface area contributed by atoms with Gasteiger partial charge in [0.25, 0.3) is 0 Å². The van der Waals surface area contributed by atoms with Crippen molar-refractivity contribution in [1.82, 2.24) is 5.32 Å². The highest BCUT2D eigenvalue weighted by Gasteiger charge is 2.06.